The molecule has 0 spiro atoms. The van der Waals surface area contributed by atoms with Gasteiger partial charge in [0.2, 0.25) is 0 Å². The average Bonchev–Trinajstić information content (AvgIpc) is 2.81. The number of benzene rings is 3. The van der Waals surface area contributed by atoms with Crippen molar-refractivity contribution in [3.05, 3.63) is 86.9 Å². The number of amides is 1. The summed E-state index contributed by atoms with van der Waals surface area (Å²) in [6, 6.07) is 17.1. The van der Waals surface area contributed by atoms with Gasteiger partial charge in [0.1, 0.15) is 11.5 Å². The summed E-state index contributed by atoms with van der Waals surface area (Å²) >= 11 is 13.1. The van der Waals surface area contributed by atoms with E-state index >= 15 is 0 Å². The van der Waals surface area contributed by atoms with Gasteiger partial charge in [-0.05, 0) is 53.8 Å². The number of hydrogen-bond acceptors (Lipinski definition) is 3. The predicted molar refractivity (Wildman–Crippen MR) is 129 cm³/mol. The van der Waals surface area contributed by atoms with E-state index in [-0.39, 0.29) is 22.6 Å². The summed E-state index contributed by atoms with van der Waals surface area (Å²) in [5.74, 6) is 1.75. The molecule has 1 amide bonds. The number of nitrogens with zero attached hydrogens (tertiary/aromatic N) is 1. The Kier molecular flexibility index (Phi) is 6.63. The number of ether oxygens (including phenoxy) is 2. The number of halogens is 2. The molecule has 0 N–H and O–H groups in total. The van der Waals surface area contributed by atoms with Crippen LogP contribution in [-0.4, -0.2) is 24.5 Å². The number of fused-ring (bicyclic) bond motifs is 1. The van der Waals surface area contributed by atoms with Crippen molar-refractivity contribution < 1.29 is 14.3 Å². The van der Waals surface area contributed by atoms with Crippen LogP contribution in [-0.2, 0) is 13.0 Å². The molecule has 1 aliphatic heterocycles. The molecular formula is C26H25Cl2NO3. The van der Waals surface area contributed by atoms with Crippen LogP contribution in [0.1, 0.15) is 46.8 Å². The molecule has 0 fully saturated rings. The molecule has 4 nitrogen and oxygen atoms in total. The maximum Gasteiger partial charge on any atom is 0.255 e. The Balaban J connectivity index is 1.62. The summed E-state index contributed by atoms with van der Waals surface area (Å²) in [5, 5.41) is 0.556. The van der Waals surface area contributed by atoms with E-state index in [1.807, 2.05) is 29.2 Å². The van der Waals surface area contributed by atoms with Crippen LogP contribution in [0.2, 0.25) is 10.0 Å². The monoisotopic (exact) mass is 469 g/mol. The standard InChI is InChI=1S/C26H25Cl2NO3/c1-16(2)21-14-19(8-11-23(21)31-3)32-25-22(27)10-9-20(24(25)28)26(30)29-13-12-17-6-4-5-7-18(17)15-29/h4-11,14,16H,12-13,15H2,1-3H3. The van der Waals surface area contributed by atoms with Crippen molar-refractivity contribution in [2.75, 3.05) is 13.7 Å². The van der Waals surface area contributed by atoms with E-state index in [1.165, 1.54) is 5.56 Å². The number of rotatable bonds is 5. The zero-order valence-corrected chi connectivity index (χ0v) is 19.8. The fraction of sp³-hybridized carbons (Fsp3) is 0.269. The van der Waals surface area contributed by atoms with Crippen LogP contribution in [0.5, 0.6) is 17.2 Å². The Morgan fingerprint density at radius 2 is 1.78 bits per heavy atom. The van der Waals surface area contributed by atoms with Gasteiger partial charge in [0, 0.05) is 18.7 Å². The minimum absolute atomic E-state index is 0.136. The molecule has 0 aliphatic carbocycles. The molecule has 1 heterocycles. The van der Waals surface area contributed by atoms with Crippen LogP contribution >= 0.6 is 23.2 Å². The van der Waals surface area contributed by atoms with Gasteiger partial charge in [-0.25, -0.2) is 0 Å². The molecule has 0 saturated carbocycles. The summed E-state index contributed by atoms with van der Waals surface area (Å²) in [7, 11) is 1.64. The second-order valence-electron chi connectivity index (χ2n) is 8.14. The van der Waals surface area contributed by atoms with Crippen molar-refractivity contribution in [3.63, 3.8) is 0 Å². The molecule has 3 aromatic carbocycles. The summed E-state index contributed by atoms with van der Waals surface area (Å²) in [6.45, 7) is 5.36. The summed E-state index contributed by atoms with van der Waals surface area (Å²) < 4.78 is 11.5. The highest BCUT2D eigenvalue weighted by molar-refractivity contribution is 6.39. The number of methoxy groups -OCH3 is 1. The first-order valence-electron chi connectivity index (χ1n) is 10.6. The Labute approximate surface area is 198 Å². The molecule has 6 heteroatoms. The van der Waals surface area contributed by atoms with Gasteiger partial charge < -0.3 is 14.4 Å². The van der Waals surface area contributed by atoms with E-state index in [1.54, 1.807) is 25.3 Å². The van der Waals surface area contributed by atoms with Crippen LogP contribution in [0.25, 0.3) is 0 Å². The zero-order chi connectivity index (χ0) is 22.8. The van der Waals surface area contributed by atoms with E-state index in [4.69, 9.17) is 32.7 Å². The number of carbonyl (C=O) groups is 1. The highest BCUT2D eigenvalue weighted by Crippen LogP contribution is 2.41. The molecule has 0 saturated heterocycles. The topological polar surface area (TPSA) is 38.8 Å². The third-order valence-electron chi connectivity index (χ3n) is 5.74. The van der Waals surface area contributed by atoms with Gasteiger partial charge in [-0.3, -0.25) is 4.79 Å². The Hall–Kier alpha value is -2.69. The quantitative estimate of drug-likeness (QED) is 0.399. The van der Waals surface area contributed by atoms with Gasteiger partial charge in [-0.2, -0.15) is 0 Å². The van der Waals surface area contributed by atoms with Crippen molar-refractivity contribution in [1.82, 2.24) is 4.90 Å². The lowest BCUT2D eigenvalue weighted by molar-refractivity contribution is 0.0734. The second-order valence-corrected chi connectivity index (χ2v) is 8.93. The molecule has 0 atom stereocenters. The Morgan fingerprint density at radius 1 is 1.03 bits per heavy atom. The fourth-order valence-electron chi connectivity index (χ4n) is 3.98. The van der Waals surface area contributed by atoms with Gasteiger partial charge in [0.25, 0.3) is 5.91 Å². The Bertz CT molecular complexity index is 1160. The highest BCUT2D eigenvalue weighted by Gasteiger charge is 2.25. The molecule has 166 valence electrons. The van der Waals surface area contributed by atoms with Crippen molar-refractivity contribution in [2.45, 2.75) is 32.7 Å². The Morgan fingerprint density at radius 3 is 2.50 bits per heavy atom. The van der Waals surface area contributed by atoms with Crippen LogP contribution in [0.3, 0.4) is 0 Å². The van der Waals surface area contributed by atoms with E-state index < -0.39 is 0 Å². The van der Waals surface area contributed by atoms with Crippen LogP contribution in [0.4, 0.5) is 0 Å². The first-order valence-corrected chi connectivity index (χ1v) is 11.3. The third-order valence-corrected chi connectivity index (χ3v) is 6.41. The molecule has 0 radical (unpaired) electrons. The van der Waals surface area contributed by atoms with Crippen molar-refractivity contribution >= 4 is 29.1 Å². The lowest BCUT2D eigenvalue weighted by Gasteiger charge is -2.29. The summed E-state index contributed by atoms with van der Waals surface area (Å²) in [5.41, 5.74) is 3.83. The smallest absolute Gasteiger partial charge is 0.255 e. The fourth-order valence-corrected chi connectivity index (χ4v) is 4.50. The van der Waals surface area contributed by atoms with Gasteiger partial charge in [0.05, 0.1) is 22.7 Å². The first kappa shape index (κ1) is 22.5. The lowest BCUT2D eigenvalue weighted by Crippen LogP contribution is -2.36. The predicted octanol–water partition coefficient (Wildman–Crippen LogP) is 7.12. The molecule has 32 heavy (non-hydrogen) atoms. The number of hydrogen-bond donors (Lipinski definition) is 0. The summed E-state index contributed by atoms with van der Waals surface area (Å²) in [4.78, 5) is 15.1. The van der Waals surface area contributed by atoms with Gasteiger partial charge >= 0.3 is 0 Å². The van der Waals surface area contributed by atoms with Crippen LogP contribution in [0.15, 0.2) is 54.6 Å². The van der Waals surface area contributed by atoms with E-state index in [9.17, 15) is 4.79 Å². The molecule has 0 bridgehead atoms. The maximum atomic E-state index is 13.3. The molecule has 3 aromatic rings. The minimum atomic E-state index is -0.136. The lowest BCUT2D eigenvalue weighted by atomic mass is 9.99. The second kappa shape index (κ2) is 9.43. The van der Waals surface area contributed by atoms with Crippen molar-refractivity contribution in [3.8, 4) is 17.2 Å². The zero-order valence-electron chi connectivity index (χ0n) is 18.3. The van der Waals surface area contributed by atoms with Gasteiger partial charge in [-0.15, -0.1) is 0 Å². The van der Waals surface area contributed by atoms with E-state index in [0.717, 1.165) is 23.3 Å². The molecular weight excluding hydrogens is 445 g/mol. The SMILES string of the molecule is COc1ccc(Oc2c(Cl)ccc(C(=O)N3CCc4ccccc4C3)c2Cl)cc1C(C)C. The molecule has 4 rings (SSSR count). The minimum Gasteiger partial charge on any atom is -0.496 e. The third kappa shape index (κ3) is 4.43. The maximum absolute atomic E-state index is 13.3. The molecule has 1 aliphatic rings. The largest absolute Gasteiger partial charge is 0.496 e. The van der Waals surface area contributed by atoms with Crippen LogP contribution < -0.4 is 9.47 Å². The molecule has 0 aromatic heterocycles. The summed E-state index contributed by atoms with van der Waals surface area (Å²) in [6.07, 6.45) is 0.820. The van der Waals surface area contributed by atoms with Crippen molar-refractivity contribution in [1.29, 1.82) is 0 Å². The average molecular weight is 470 g/mol. The number of carbonyl (C=O) groups excluding carboxylic acids is 1. The van der Waals surface area contributed by atoms with E-state index in [0.29, 0.717) is 29.4 Å². The first-order chi connectivity index (χ1) is 15.4. The van der Waals surface area contributed by atoms with Gasteiger partial charge in [-0.1, -0.05) is 61.3 Å². The van der Waals surface area contributed by atoms with Crippen LogP contribution in [0, 0.1) is 0 Å². The molecule has 0 unspecified atom stereocenters. The van der Waals surface area contributed by atoms with E-state index in [2.05, 4.69) is 26.0 Å². The normalized spacial score (nSPS) is 13.1. The van der Waals surface area contributed by atoms with Crippen molar-refractivity contribution in [2.24, 2.45) is 0 Å². The van der Waals surface area contributed by atoms with Gasteiger partial charge in [0.15, 0.2) is 5.75 Å². The highest BCUT2D eigenvalue weighted by atomic mass is 35.5.